The fourth-order valence-corrected chi connectivity index (χ4v) is 10.9. The van der Waals surface area contributed by atoms with E-state index in [1.807, 2.05) is 26.2 Å². The van der Waals surface area contributed by atoms with Crippen LogP contribution in [0, 0.1) is 18.8 Å². The molecule has 1 aromatic carbocycles. The molecule has 9 heteroatoms. The number of sulfonamides is 1. The van der Waals surface area contributed by atoms with E-state index in [1.165, 1.54) is 29.1 Å². The van der Waals surface area contributed by atoms with E-state index in [1.54, 1.807) is 6.07 Å². The first kappa shape index (κ1) is 21.4. The molecule has 4 fully saturated rings. The molecule has 3 aromatic rings. The van der Waals surface area contributed by atoms with Gasteiger partial charge in [-0.25, -0.2) is 13.4 Å². The molecule has 4 aliphatic rings. The van der Waals surface area contributed by atoms with Crippen molar-refractivity contribution < 1.29 is 13.2 Å². The van der Waals surface area contributed by atoms with E-state index in [9.17, 15) is 8.42 Å². The molecule has 4 saturated carbocycles. The number of thiazole rings is 1. The van der Waals surface area contributed by atoms with Crippen LogP contribution >= 0.6 is 34.3 Å². The third kappa shape index (κ3) is 3.25. The molecular formula is C23H25ClN2O3S3. The van der Waals surface area contributed by atoms with Crippen LogP contribution in [0.4, 0.5) is 5.13 Å². The quantitative estimate of drug-likeness (QED) is 0.435. The molecule has 0 spiro atoms. The number of hydrogen-bond acceptors (Lipinski definition) is 6. The zero-order chi connectivity index (χ0) is 22.3. The number of rotatable bonds is 5. The van der Waals surface area contributed by atoms with E-state index in [0.29, 0.717) is 26.2 Å². The van der Waals surface area contributed by atoms with E-state index in [4.69, 9.17) is 21.3 Å². The smallest absolute Gasteiger partial charge is 0.273 e. The number of nitrogens with zero attached hydrogens (tertiary/aromatic N) is 1. The van der Waals surface area contributed by atoms with Gasteiger partial charge in [-0.1, -0.05) is 11.6 Å². The second-order valence-electron chi connectivity index (χ2n) is 9.93. The lowest BCUT2D eigenvalue weighted by atomic mass is 9.47. The average Bonchev–Trinajstić information content (AvgIpc) is 3.32. The van der Waals surface area contributed by atoms with Gasteiger partial charge in [0.05, 0.1) is 11.3 Å². The van der Waals surface area contributed by atoms with Crippen LogP contribution in [-0.2, 0) is 20.2 Å². The maximum Gasteiger partial charge on any atom is 0.273 e. The molecule has 5 nitrogen and oxygen atoms in total. The fraction of sp³-hybridized carbons (Fsp3) is 0.522. The summed E-state index contributed by atoms with van der Waals surface area (Å²) in [5.41, 5.74) is 1.75. The predicted octanol–water partition coefficient (Wildman–Crippen LogP) is 6.36. The molecule has 2 aromatic heterocycles. The second-order valence-corrected chi connectivity index (χ2v) is 14.2. The molecule has 0 amide bonds. The maximum atomic E-state index is 13.2. The number of aromatic nitrogens is 1. The lowest BCUT2D eigenvalue weighted by Gasteiger charge is -2.61. The summed E-state index contributed by atoms with van der Waals surface area (Å²) in [4.78, 5) is 4.83. The number of hydrogen-bond donors (Lipinski definition) is 1. The predicted molar refractivity (Wildman–Crippen MR) is 131 cm³/mol. The summed E-state index contributed by atoms with van der Waals surface area (Å²) in [5, 5.41) is 3.98. The summed E-state index contributed by atoms with van der Waals surface area (Å²) in [6.45, 7) is 1.83. The van der Waals surface area contributed by atoms with Crippen LogP contribution in [0.3, 0.4) is 0 Å². The lowest BCUT2D eigenvalue weighted by molar-refractivity contribution is -0.157. The van der Waals surface area contributed by atoms with Crippen molar-refractivity contribution in [1.29, 1.82) is 0 Å². The van der Waals surface area contributed by atoms with E-state index < -0.39 is 10.0 Å². The van der Waals surface area contributed by atoms with Gasteiger partial charge >= 0.3 is 0 Å². The highest BCUT2D eigenvalue weighted by atomic mass is 35.5. The maximum absolute atomic E-state index is 13.2. The number of thiophene rings is 1. The van der Waals surface area contributed by atoms with E-state index in [0.717, 1.165) is 53.4 Å². The molecule has 0 aliphatic heterocycles. The zero-order valence-corrected chi connectivity index (χ0v) is 21.2. The third-order valence-corrected chi connectivity index (χ3v) is 12.2. The number of aryl methyl sites for hydroxylation is 1. The number of ether oxygens (including phenoxy) is 1. The van der Waals surface area contributed by atoms with Gasteiger partial charge < -0.3 is 4.74 Å². The summed E-state index contributed by atoms with van der Waals surface area (Å²) in [7, 11) is -1.88. The third-order valence-electron chi connectivity index (χ3n) is 7.81. The van der Waals surface area contributed by atoms with Crippen LogP contribution in [0.15, 0.2) is 27.8 Å². The SMILES string of the molecule is COC12CC3CC(C1)CC(c1csc(NS(=O)(=O)c4sc5ccc(Cl)cc5c4C)n1)(C3)C2. The Hall–Kier alpha value is -1.19. The lowest BCUT2D eigenvalue weighted by Crippen LogP contribution is -2.58. The Balaban J connectivity index is 1.31. The van der Waals surface area contributed by atoms with Gasteiger partial charge in [0.15, 0.2) is 5.13 Å². The van der Waals surface area contributed by atoms with Gasteiger partial charge in [-0.2, -0.15) is 0 Å². The first-order valence-corrected chi connectivity index (χ1v) is 14.5. The Morgan fingerprint density at radius 3 is 2.69 bits per heavy atom. The molecular weight excluding hydrogens is 484 g/mol. The van der Waals surface area contributed by atoms with Crippen LogP contribution in [0.25, 0.3) is 10.1 Å². The van der Waals surface area contributed by atoms with Crippen LogP contribution in [0.2, 0.25) is 5.02 Å². The highest BCUT2D eigenvalue weighted by molar-refractivity contribution is 7.95. The second kappa shape index (κ2) is 7.15. The minimum Gasteiger partial charge on any atom is -0.378 e. The van der Waals surface area contributed by atoms with E-state index in [2.05, 4.69) is 10.1 Å². The van der Waals surface area contributed by atoms with Crippen molar-refractivity contribution in [3.05, 3.63) is 39.9 Å². The molecule has 4 aliphatic carbocycles. The average molecular weight is 509 g/mol. The number of benzene rings is 1. The van der Waals surface area contributed by atoms with Crippen molar-refractivity contribution in [3.63, 3.8) is 0 Å². The molecule has 0 radical (unpaired) electrons. The summed E-state index contributed by atoms with van der Waals surface area (Å²) >= 11 is 8.77. The van der Waals surface area contributed by atoms with Gasteiger partial charge in [-0.05, 0) is 86.4 Å². The summed E-state index contributed by atoms with van der Waals surface area (Å²) < 4.78 is 36.5. The molecule has 4 bridgehead atoms. The highest BCUT2D eigenvalue weighted by Crippen LogP contribution is 2.63. The van der Waals surface area contributed by atoms with Crippen molar-refractivity contribution in [3.8, 4) is 0 Å². The molecule has 2 atom stereocenters. The Labute approximate surface area is 201 Å². The van der Waals surface area contributed by atoms with Crippen LogP contribution in [-0.4, -0.2) is 26.1 Å². The number of nitrogens with one attached hydrogen (secondary N) is 1. The first-order chi connectivity index (χ1) is 15.2. The van der Waals surface area contributed by atoms with Crippen molar-refractivity contribution in [2.75, 3.05) is 11.8 Å². The van der Waals surface area contributed by atoms with E-state index >= 15 is 0 Å². The minimum absolute atomic E-state index is 0.0184. The van der Waals surface area contributed by atoms with Gasteiger partial charge in [0.1, 0.15) is 4.21 Å². The van der Waals surface area contributed by atoms with Crippen LogP contribution in [0.1, 0.15) is 49.8 Å². The fourth-order valence-electron chi connectivity index (χ4n) is 6.87. The van der Waals surface area contributed by atoms with Crippen LogP contribution < -0.4 is 4.72 Å². The topological polar surface area (TPSA) is 68.3 Å². The Morgan fingerprint density at radius 1 is 1.22 bits per heavy atom. The van der Waals surface area contributed by atoms with Crippen molar-refractivity contribution in [1.82, 2.24) is 4.98 Å². The normalized spacial score (nSPS) is 31.5. The molecule has 2 heterocycles. The van der Waals surface area contributed by atoms with Crippen LogP contribution in [0.5, 0.6) is 0 Å². The molecule has 32 heavy (non-hydrogen) atoms. The van der Waals surface area contributed by atoms with Crippen molar-refractivity contribution in [2.45, 2.75) is 60.7 Å². The monoisotopic (exact) mass is 508 g/mol. The highest BCUT2D eigenvalue weighted by Gasteiger charge is 2.59. The van der Waals surface area contributed by atoms with Gasteiger partial charge in [-0.3, -0.25) is 4.72 Å². The van der Waals surface area contributed by atoms with Gasteiger partial charge in [0.2, 0.25) is 0 Å². The molecule has 170 valence electrons. The zero-order valence-electron chi connectivity index (χ0n) is 18.0. The van der Waals surface area contributed by atoms with Gasteiger partial charge in [0, 0.05) is 27.6 Å². The number of anilines is 1. The van der Waals surface area contributed by atoms with Crippen molar-refractivity contribution >= 4 is 59.5 Å². The number of fused-ring (bicyclic) bond motifs is 1. The summed E-state index contributed by atoms with van der Waals surface area (Å²) in [5.74, 6) is 1.37. The Kier molecular flexibility index (Phi) is 4.77. The summed E-state index contributed by atoms with van der Waals surface area (Å²) in [6.07, 6.45) is 6.88. The standard InChI is InChI=1S/C23H25ClN2O3S3/c1-13-17-6-16(24)3-4-18(17)31-20(13)32(27,28)26-21-25-19(11-30-21)22-7-14-5-15(8-22)10-23(9-14,12-22)29-2/h3-4,6,11,14-15H,5,7-10,12H2,1-2H3,(H,25,26). The number of halogens is 1. The molecule has 2 unspecified atom stereocenters. The molecule has 7 rings (SSSR count). The first-order valence-electron chi connectivity index (χ1n) is 10.9. The van der Waals surface area contributed by atoms with Gasteiger partial charge in [-0.15, -0.1) is 22.7 Å². The molecule has 1 N–H and O–H groups in total. The number of methoxy groups -OCH3 is 1. The summed E-state index contributed by atoms with van der Waals surface area (Å²) in [6, 6.07) is 5.48. The van der Waals surface area contributed by atoms with Crippen molar-refractivity contribution in [2.24, 2.45) is 11.8 Å². The minimum atomic E-state index is -3.73. The van der Waals surface area contributed by atoms with E-state index in [-0.39, 0.29) is 11.0 Å². The molecule has 0 saturated heterocycles. The Bertz CT molecular complexity index is 1320. The van der Waals surface area contributed by atoms with Gasteiger partial charge in [0.25, 0.3) is 10.0 Å². The largest absolute Gasteiger partial charge is 0.378 e. The Morgan fingerprint density at radius 2 is 1.97 bits per heavy atom.